The molecular formula is C11H16N4O3S2. The number of primary amides is 1. The van der Waals surface area contributed by atoms with E-state index in [0.29, 0.717) is 11.1 Å². The Hall–Kier alpha value is -1.71. The summed E-state index contributed by atoms with van der Waals surface area (Å²) < 4.78 is 26.1. The van der Waals surface area contributed by atoms with Gasteiger partial charge in [0.2, 0.25) is 10.0 Å². The average Bonchev–Trinajstić information content (AvgIpc) is 2.34. The van der Waals surface area contributed by atoms with E-state index in [1.165, 1.54) is 0 Å². The number of benzene rings is 1. The molecule has 0 spiro atoms. The maximum atomic E-state index is 11.9. The van der Waals surface area contributed by atoms with E-state index in [2.05, 4.69) is 10.0 Å². The maximum Gasteiger partial charge on any atom is 0.312 e. The third kappa shape index (κ3) is 5.51. The summed E-state index contributed by atoms with van der Waals surface area (Å²) in [5, 5.41) is 2.28. The Labute approximate surface area is 122 Å². The minimum absolute atomic E-state index is 0.0561. The monoisotopic (exact) mass is 316 g/mol. The number of carbonyl (C=O) groups excluding carboxylic acids is 1. The van der Waals surface area contributed by atoms with Crippen molar-refractivity contribution in [3.63, 3.8) is 0 Å². The lowest BCUT2D eigenvalue weighted by Crippen LogP contribution is -2.37. The molecule has 0 unspecified atom stereocenters. The van der Waals surface area contributed by atoms with Gasteiger partial charge >= 0.3 is 6.03 Å². The number of nitrogens with two attached hydrogens (primary N) is 2. The molecule has 0 bridgehead atoms. The van der Waals surface area contributed by atoms with Crippen molar-refractivity contribution in [2.45, 2.75) is 5.75 Å². The van der Waals surface area contributed by atoms with E-state index < -0.39 is 16.1 Å². The van der Waals surface area contributed by atoms with Crippen LogP contribution in [-0.4, -0.2) is 32.5 Å². The summed E-state index contributed by atoms with van der Waals surface area (Å²) in [6, 6.07) is 6.05. The van der Waals surface area contributed by atoms with Crippen molar-refractivity contribution in [2.75, 3.05) is 13.1 Å². The molecule has 6 N–H and O–H groups in total. The molecule has 9 heteroatoms. The summed E-state index contributed by atoms with van der Waals surface area (Å²) in [7, 11) is -3.55. The zero-order valence-corrected chi connectivity index (χ0v) is 12.3. The fourth-order valence-corrected chi connectivity index (χ4v) is 2.91. The lowest BCUT2D eigenvalue weighted by atomic mass is 10.1. The largest absolute Gasteiger partial charge is 0.389 e. The van der Waals surface area contributed by atoms with E-state index in [-0.39, 0.29) is 23.8 Å². The van der Waals surface area contributed by atoms with Gasteiger partial charge in [-0.3, -0.25) is 0 Å². The van der Waals surface area contributed by atoms with E-state index in [0.717, 1.165) is 0 Å². The number of hydrogen-bond donors (Lipinski definition) is 4. The quantitative estimate of drug-likeness (QED) is 0.395. The Morgan fingerprint density at radius 3 is 2.45 bits per heavy atom. The predicted molar refractivity (Wildman–Crippen MR) is 80.5 cm³/mol. The average molecular weight is 316 g/mol. The molecule has 0 heterocycles. The summed E-state index contributed by atoms with van der Waals surface area (Å²) in [4.78, 5) is 10.6. The number of rotatable bonds is 7. The van der Waals surface area contributed by atoms with Crippen LogP contribution in [0.25, 0.3) is 0 Å². The second-order valence-electron chi connectivity index (χ2n) is 3.97. The first-order chi connectivity index (χ1) is 9.32. The van der Waals surface area contributed by atoms with E-state index in [1.807, 2.05) is 0 Å². The first-order valence-corrected chi connectivity index (χ1v) is 7.76. The Kier molecular flexibility index (Phi) is 5.86. The fraction of sp³-hybridized carbons (Fsp3) is 0.273. The van der Waals surface area contributed by atoms with E-state index >= 15 is 0 Å². The van der Waals surface area contributed by atoms with Crippen molar-refractivity contribution in [1.82, 2.24) is 10.0 Å². The van der Waals surface area contributed by atoms with Gasteiger partial charge in [-0.2, -0.15) is 0 Å². The molecule has 0 aliphatic carbocycles. The summed E-state index contributed by atoms with van der Waals surface area (Å²) in [5.41, 5.74) is 11.5. The lowest BCUT2D eigenvalue weighted by molar-refractivity contribution is 0.249. The molecule has 1 aromatic carbocycles. The number of urea groups is 1. The number of thiocarbonyl (C=S) groups is 1. The van der Waals surface area contributed by atoms with Gasteiger partial charge in [-0.25, -0.2) is 17.9 Å². The minimum Gasteiger partial charge on any atom is -0.389 e. The molecule has 2 amide bonds. The van der Waals surface area contributed by atoms with Crippen LogP contribution >= 0.6 is 12.2 Å². The second kappa shape index (κ2) is 7.17. The van der Waals surface area contributed by atoms with Gasteiger partial charge < -0.3 is 16.8 Å². The van der Waals surface area contributed by atoms with Crippen LogP contribution in [0.5, 0.6) is 0 Å². The zero-order valence-electron chi connectivity index (χ0n) is 10.6. The summed E-state index contributed by atoms with van der Waals surface area (Å²) in [5.74, 6) is -0.239. The second-order valence-corrected chi connectivity index (χ2v) is 6.21. The first kappa shape index (κ1) is 16.3. The van der Waals surface area contributed by atoms with Gasteiger partial charge in [0.15, 0.2) is 0 Å². The van der Waals surface area contributed by atoms with Gasteiger partial charge in [0, 0.05) is 18.7 Å². The topological polar surface area (TPSA) is 127 Å². The third-order valence-corrected chi connectivity index (χ3v) is 3.93. The molecule has 0 fully saturated rings. The number of carbonyl (C=O) groups is 1. The maximum absolute atomic E-state index is 11.9. The predicted octanol–water partition coefficient (Wildman–Crippen LogP) is -0.591. The van der Waals surface area contributed by atoms with Crippen molar-refractivity contribution < 1.29 is 13.2 Å². The minimum atomic E-state index is -3.55. The molecule has 0 radical (unpaired) electrons. The van der Waals surface area contributed by atoms with Gasteiger partial charge in [-0.15, -0.1) is 0 Å². The van der Waals surface area contributed by atoms with Crippen LogP contribution in [0.15, 0.2) is 24.3 Å². The van der Waals surface area contributed by atoms with Crippen LogP contribution in [0.1, 0.15) is 11.1 Å². The molecule has 0 saturated heterocycles. The number of sulfonamides is 1. The highest BCUT2D eigenvalue weighted by molar-refractivity contribution is 7.88. The van der Waals surface area contributed by atoms with Gasteiger partial charge in [0.25, 0.3) is 0 Å². The molecule has 0 atom stereocenters. The molecule has 20 heavy (non-hydrogen) atoms. The third-order valence-electron chi connectivity index (χ3n) is 2.37. The lowest BCUT2D eigenvalue weighted by Gasteiger charge is -2.10. The fourth-order valence-electron chi connectivity index (χ4n) is 1.53. The summed E-state index contributed by atoms with van der Waals surface area (Å²) in [6.45, 7) is 0.173. The summed E-state index contributed by atoms with van der Waals surface area (Å²) in [6.07, 6.45) is 0. The number of amides is 2. The number of hydrogen-bond acceptors (Lipinski definition) is 4. The Balaban J connectivity index is 2.67. The highest BCUT2D eigenvalue weighted by Gasteiger charge is 2.14. The van der Waals surface area contributed by atoms with Gasteiger partial charge in [-0.1, -0.05) is 36.5 Å². The smallest absolute Gasteiger partial charge is 0.312 e. The van der Waals surface area contributed by atoms with Crippen molar-refractivity contribution in [3.8, 4) is 0 Å². The molecule has 0 aromatic heterocycles. The molecule has 0 saturated carbocycles. The Morgan fingerprint density at radius 1 is 1.20 bits per heavy atom. The normalized spacial score (nSPS) is 11.0. The van der Waals surface area contributed by atoms with Gasteiger partial charge in [0.05, 0.1) is 5.75 Å². The molecule has 0 aliphatic rings. The van der Waals surface area contributed by atoms with E-state index in [9.17, 15) is 13.2 Å². The highest BCUT2D eigenvalue weighted by atomic mass is 32.2. The van der Waals surface area contributed by atoms with E-state index in [1.54, 1.807) is 24.3 Å². The summed E-state index contributed by atoms with van der Waals surface area (Å²) >= 11 is 4.87. The van der Waals surface area contributed by atoms with Crippen LogP contribution in [0.4, 0.5) is 4.79 Å². The standard InChI is InChI=1S/C11H16N4O3S2/c12-10(19)9-4-2-1-3-8(9)7-20(17,18)15-6-5-14-11(13)16/h1-4,15H,5-7H2,(H2,12,19)(H3,13,14,16). The van der Waals surface area contributed by atoms with Crippen molar-refractivity contribution in [3.05, 3.63) is 35.4 Å². The SMILES string of the molecule is NC(=O)NCCNS(=O)(=O)Cc1ccccc1C(N)=S. The first-order valence-electron chi connectivity index (χ1n) is 5.70. The molecule has 1 rings (SSSR count). The molecule has 1 aromatic rings. The Bertz CT molecular complexity index is 601. The van der Waals surface area contributed by atoms with Gasteiger partial charge in [0.1, 0.15) is 4.99 Å². The van der Waals surface area contributed by atoms with Crippen molar-refractivity contribution >= 4 is 33.3 Å². The number of nitrogens with one attached hydrogen (secondary N) is 2. The Morgan fingerprint density at radius 2 is 1.85 bits per heavy atom. The highest BCUT2D eigenvalue weighted by Crippen LogP contribution is 2.11. The van der Waals surface area contributed by atoms with Crippen LogP contribution in [0.3, 0.4) is 0 Å². The van der Waals surface area contributed by atoms with Crippen LogP contribution < -0.4 is 21.5 Å². The van der Waals surface area contributed by atoms with Crippen LogP contribution in [0.2, 0.25) is 0 Å². The van der Waals surface area contributed by atoms with Crippen LogP contribution in [-0.2, 0) is 15.8 Å². The molecule has 7 nitrogen and oxygen atoms in total. The molecular weight excluding hydrogens is 300 g/mol. The van der Waals surface area contributed by atoms with Crippen LogP contribution in [0, 0.1) is 0 Å². The zero-order chi connectivity index (χ0) is 15.2. The molecule has 110 valence electrons. The van der Waals surface area contributed by atoms with Gasteiger partial charge in [-0.05, 0) is 5.56 Å². The van der Waals surface area contributed by atoms with Crippen molar-refractivity contribution in [2.24, 2.45) is 11.5 Å². The van der Waals surface area contributed by atoms with Crippen molar-refractivity contribution in [1.29, 1.82) is 0 Å². The molecule has 0 aliphatic heterocycles. The van der Waals surface area contributed by atoms with E-state index in [4.69, 9.17) is 23.7 Å².